The standard InChI is InChI=1S/2C13H28N2O/c2*1-2-11-16-12-5-3-4-8-15-9-6-13(14)7-10-15/h2*13H,2-12,14H2,1H3. The molecule has 0 aliphatic carbocycles. The number of rotatable bonds is 16. The molecule has 0 radical (unpaired) electrons. The van der Waals surface area contributed by atoms with Crippen LogP contribution >= 0.6 is 0 Å². The van der Waals surface area contributed by atoms with Crippen LogP contribution in [0.2, 0.25) is 0 Å². The number of ether oxygens (including phenoxy) is 2. The Morgan fingerprint density at radius 2 is 0.938 bits per heavy atom. The minimum atomic E-state index is 0.457. The normalized spacial score (nSPS) is 19.1. The fraction of sp³-hybridized carbons (Fsp3) is 1.00. The monoisotopic (exact) mass is 456 g/mol. The largest absolute Gasteiger partial charge is 0.381 e. The van der Waals surface area contributed by atoms with Crippen LogP contribution in [0.25, 0.3) is 0 Å². The zero-order chi connectivity index (χ0) is 23.3. The van der Waals surface area contributed by atoms with Crippen LogP contribution in [0.5, 0.6) is 0 Å². The third-order valence-corrected chi connectivity index (χ3v) is 6.49. The topological polar surface area (TPSA) is 77.0 Å². The van der Waals surface area contributed by atoms with Gasteiger partial charge in [0.05, 0.1) is 0 Å². The predicted octanol–water partition coefficient (Wildman–Crippen LogP) is 4.01. The van der Waals surface area contributed by atoms with Gasteiger partial charge in [0.2, 0.25) is 0 Å². The van der Waals surface area contributed by atoms with E-state index < -0.39 is 0 Å². The first kappa shape index (κ1) is 29.8. The highest BCUT2D eigenvalue weighted by atomic mass is 16.5. The molecule has 0 amide bonds. The fourth-order valence-corrected chi connectivity index (χ4v) is 4.28. The summed E-state index contributed by atoms with van der Waals surface area (Å²) in [5, 5.41) is 0. The van der Waals surface area contributed by atoms with E-state index in [9.17, 15) is 0 Å². The van der Waals surface area contributed by atoms with Crippen molar-refractivity contribution in [1.29, 1.82) is 0 Å². The van der Waals surface area contributed by atoms with Gasteiger partial charge < -0.3 is 30.7 Å². The molecule has 2 heterocycles. The molecule has 0 spiro atoms. The summed E-state index contributed by atoms with van der Waals surface area (Å²) in [4.78, 5) is 5.10. The lowest BCUT2D eigenvalue weighted by Gasteiger charge is -2.29. The SMILES string of the molecule is CCCOCCCCCN1CCC(N)CC1.CCCOCCCCCN1CCC(N)CC1. The van der Waals surface area contributed by atoms with Gasteiger partial charge in [-0.3, -0.25) is 0 Å². The number of unbranched alkanes of at least 4 members (excludes halogenated alkanes) is 4. The number of hydrogen-bond acceptors (Lipinski definition) is 6. The van der Waals surface area contributed by atoms with Gasteiger partial charge >= 0.3 is 0 Å². The lowest BCUT2D eigenvalue weighted by atomic mass is 10.1. The third-order valence-electron chi connectivity index (χ3n) is 6.49. The highest BCUT2D eigenvalue weighted by Crippen LogP contribution is 2.10. The van der Waals surface area contributed by atoms with E-state index in [1.165, 1.54) is 103 Å². The van der Waals surface area contributed by atoms with Gasteiger partial charge in [0.1, 0.15) is 0 Å². The second-order valence-corrected chi connectivity index (χ2v) is 9.70. The maximum Gasteiger partial charge on any atom is 0.0466 e. The fourth-order valence-electron chi connectivity index (χ4n) is 4.28. The lowest BCUT2D eigenvalue weighted by Crippen LogP contribution is -2.40. The molecule has 2 aliphatic rings. The Morgan fingerprint density at radius 3 is 1.28 bits per heavy atom. The second kappa shape index (κ2) is 21.3. The number of hydrogen-bond donors (Lipinski definition) is 2. The van der Waals surface area contributed by atoms with Gasteiger partial charge in [0, 0.05) is 38.5 Å². The van der Waals surface area contributed by atoms with E-state index >= 15 is 0 Å². The Balaban J connectivity index is 0.000000320. The van der Waals surface area contributed by atoms with Crippen molar-refractivity contribution in [1.82, 2.24) is 9.80 Å². The minimum absolute atomic E-state index is 0.457. The summed E-state index contributed by atoms with van der Waals surface area (Å²) in [6.45, 7) is 15.3. The molecule has 0 bridgehead atoms. The molecule has 2 fully saturated rings. The zero-order valence-electron chi connectivity index (χ0n) is 21.6. The van der Waals surface area contributed by atoms with Gasteiger partial charge in [0.15, 0.2) is 0 Å². The van der Waals surface area contributed by atoms with Crippen LogP contribution in [0.3, 0.4) is 0 Å². The summed E-state index contributed by atoms with van der Waals surface area (Å²) in [5.74, 6) is 0. The van der Waals surface area contributed by atoms with Crippen LogP contribution in [-0.2, 0) is 9.47 Å². The molecule has 192 valence electrons. The Bertz CT molecular complexity index is 348. The maximum atomic E-state index is 5.88. The van der Waals surface area contributed by atoms with Crippen molar-refractivity contribution < 1.29 is 9.47 Å². The molecule has 6 nitrogen and oxygen atoms in total. The van der Waals surface area contributed by atoms with E-state index in [4.69, 9.17) is 20.9 Å². The zero-order valence-corrected chi connectivity index (χ0v) is 21.6. The van der Waals surface area contributed by atoms with Crippen molar-refractivity contribution >= 4 is 0 Å². The highest BCUT2D eigenvalue weighted by molar-refractivity contribution is 4.74. The van der Waals surface area contributed by atoms with Crippen LogP contribution < -0.4 is 11.5 Å². The lowest BCUT2D eigenvalue weighted by molar-refractivity contribution is 0.128. The summed E-state index contributed by atoms with van der Waals surface area (Å²) in [6.07, 6.45) is 14.6. The van der Waals surface area contributed by atoms with E-state index in [0.29, 0.717) is 12.1 Å². The van der Waals surface area contributed by atoms with Crippen molar-refractivity contribution in [2.24, 2.45) is 11.5 Å². The third kappa shape index (κ3) is 17.3. The smallest absolute Gasteiger partial charge is 0.0466 e. The summed E-state index contributed by atoms with van der Waals surface area (Å²) in [7, 11) is 0. The summed E-state index contributed by atoms with van der Waals surface area (Å²) < 4.78 is 10.9. The molecule has 0 atom stereocenters. The second-order valence-electron chi connectivity index (χ2n) is 9.70. The quantitative estimate of drug-likeness (QED) is 0.342. The van der Waals surface area contributed by atoms with Gasteiger partial charge in [-0.25, -0.2) is 0 Å². The number of nitrogens with zero attached hydrogens (tertiary/aromatic N) is 2. The van der Waals surface area contributed by atoms with Crippen LogP contribution in [0, 0.1) is 0 Å². The van der Waals surface area contributed by atoms with E-state index in [1.54, 1.807) is 0 Å². The first-order valence-electron chi connectivity index (χ1n) is 13.8. The molecule has 2 saturated heterocycles. The Morgan fingerprint density at radius 1 is 0.562 bits per heavy atom. The molecular formula is C26H56N4O2. The molecule has 4 N–H and O–H groups in total. The molecule has 6 heteroatoms. The maximum absolute atomic E-state index is 5.88. The van der Waals surface area contributed by atoms with Gasteiger partial charge in [0.25, 0.3) is 0 Å². The molecular weight excluding hydrogens is 400 g/mol. The summed E-state index contributed by atoms with van der Waals surface area (Å²) in [6, 6.07) is 0.914. The molecule has 0 aromatic heterocycles. The molecule has 2 aliphatic heterocycles. The van der Waals surface area contributed by atoms with Crippen molar-refractivity contribution in [2.45, 2.75) is 103 Å². The van der Waals surface area contributed by atoms with E-state index in [2.05, 4.69) is 23.6 Å². The molecule has 0 saturated carbocycles. The molecule has 0 aromatic carbocycles. The molecule has 2 rings (SSSR count). The summed E-state index contributed by atoms with van der Waals surface area (Å²) in [5.41, 5.74) is 11.8. The van der Waals surface area contributed by atoms with Crippen LogP contribution in [-0.4, -0.2) is 87.6 Å². The van der Waals surface area contributed by atoms with Crippen molar-refractivity contribution in [3.05, 3.63) is 0 Å². The van der Waals surface area contributed by atoms with E-state index in [1.807, 2.05) is 0 Å². The van der Waals surface area contributed by atoms with E-state index in [-0.39, 0.29) is 0 Å². The average Bonchev–Trinajstić information content (AvgIpc) is 2.81. The van der Waals surface area contributed by atoms with Crippen molar-refractivity contribution in [2.75, 3.05) is 65.7 Å². The van der Waals surface area contributed by atoms with Crippen molar-refractivity contribution in [3.63, 3.8) is 0 Å². The average molecular weight is 457 g/mol. The van der Waals surface area contributed by atoms with Crippen LogP contribution in [0.1, 0.15) is 90.9 Å². The Kier molecular flexibility index (Phi) is 19.8. The number of piperidine rings is 2. The Labute approximate surface area is 199 Å². The van der Waals surface area contributed by atoms with Gasteiger partial charge in [-0.2, -0.15) is 0 Å². The van der Waals surface area contributed by atoms with Crippen molar-refractivity contribution in [3.8, 4) is 0 Å². The first-order chi connectivity index (χ1) is 15.7. The molecule has 0 aromatic rings. The van der Waals surface area contributed by atoms with Crippen LogP contribution in [0.15, 0.2) is 0 Å². The highest BCUT2D eigenvalue weighted by Gasteiger charge is 2.15. The molecule has 32 heavy (non-hydrogen) atoms. The van der Waals surface area contributed by atoms with Gasteiger partial charge in [-0.1, -0.05) is 13.8 Å². The minimum Gasteiger partial charge on any atom is -0.381 e. The van der Waals surface area contributed by atoms with E-state index in [0.717, 1.165) is 39.3 Å². The van der Waals surface area contributed by atoms with Gasteiger partial charge in [-0.05, 0) is 116 Å². The Hall–Kier alpha value is -0.240. The predicted molar refractivity (Wildman–Crippen MR) is 137 cm³/mol. The number of likely N-dealkylation sites (tertiary alicyclic amines) is 2. The molecule has 0 unspecified atom stereocenters. The number of nitrogens with two attached hydrogens (primary N) is 2. The van der Waals surface area contributed by atoms with Gasteiger partial charge in [-0.15, -0.1) is 0 Å². The van der Waals surface area contributed by atoms with Crippen LogP contribution in [0.4, 0.5) is 0 Å². The first-order valence-corrected chi connectivity index (χ1v) is 13.8. The summed E-state index contributed by atoms with van der Waals surface area (Å²) >= 11 is 0.